The van der Waals surface area contributed by atoms with Crippen LogP contribution in [0, 0.1) is 6.92 Å². The van der Waals surface area contributed by atoms with Crippen molar-refractivity contribution in [3.63, 3.8) is 0 Å². The number of aromatic amines is 1. The van der Waals surface area contributed by atoms with Crippen LogP contribution in [-0.4, -0.2) is 16.7 Å². The number of thiophene rings is 1. The number of halogens is 1. The summed E-state index contributed by atoms with van der Waals surface area (Å²) in [5.41, 5.74) is 2.49. The van der Waals surface area contributed by atoms with Crippen LogP contribution in [0.5, 0.6) is 0 Å². The Bertz CT molecular complexity index is 464. The Hall–Kier alpha value is -0.840. The summed E-state index contributed by atoms with van der Waals surface area (Å²) in [6.07, 6.45) is 4.11. The van der Waals surface area contributed by atoms with Gasteiger partial charge in [0.1, 0.15) is 0 Å². The van der Waals surface area contributed by atoms with Crippen molar-refractivity contribution >= 4 is 22.9 Å². The molecule has 2 rings (SSSR count). The third kappa shape index (κ3) is 3.84. The number of aromatic nitrogens is 2. The van der Waals surface area contributed by atoms with Crippen molar-refractivity contribution < 1.29 is 0 Å². The lowest BCUT2D eigenvalue weighted by Crippen LogP contribution is -2.14. The van der Waals surface area contributed by atoms with Crippen molar-refractivity contribution in [2.24, 2.45) is 0 Å². The molecular formula is C12H16ClN3S. The Morgan fingerprint density at radius 1 is 1.53 bits per heavy atom. The summed E-state index contributed by atoms with van der Waals surface area (Å²) in [4.78, 5) is 1.29. The van der Waals surface area contributed by atoms with Gasteiger partial charge in [0.15, 0.2) is 0 Å². The quantitative estimate of drug-likeness (QED) is 0.791. The number of nitrogens with zero attached hydrogens (tertiary/aromatic N) is 1. The van der Waals surface area contributed by atoms with Crippen molar-refractivity contribution in [3.05, 3.63) is 38.8 Å². The SMILES string of the molecule is Cc1[nH]ncc1CCCNCc1cc(Cl)cs1. The van der Waals surface area contributed by atoms with E-state index < -0.39 is 0 Å². The molecule has 92 valence electrons. The minimum Gasteiger partial charge on any atom is -0.312 e. The molecule has 0 bridgehead atoms. The van der Waals surface area contributed by atoms with E-state index in [9.17, 15) is 0 Å². The van der Waals surface area contributed by atoms with Gasteiger partial charge in [-0.15, -0.1) is 11.3 Å². The minimum atomic E-state index is 0.834. The lowest BCUT2D eigenvalue weighted by molar-refractivity contribution is 0.653. The normalized spacial score (nSPS) is 10.9. The fourth-order valence-corrected chi connectivity index (χ4v) is 2.73. The molecule has 2 N–H and O–H groups in total. The summed E-state index contributed by atoms with van der Waals surface area (Å²) in [7, 11) is 0. The van der Waals surface area contributed by atoms with E-state index in [1.54, 1.807) is 11.3 Å². The maximum atomic E-state index is 5.86. The largest absolute Gasteiger partial charge is 0.312 e. The molecule has 0 fully saturated rings. The van der Waals surface area contributed by atoms with Crippen molar-refractivity contribution in [1.82, 2.24) is 15.5 Å². The van der Waals surface area contributed by atoms with Gasteiger partial charge < -0.3 is 5.32 Å². The lowest BCUT2D eigenvalue weighted by atomic mass is 10.1. The highest BCUT2D eigenvalue weighted by molar-refractivity contribution is 7.10. The number of H-pyrrole nitrogens is 1. The zero-order valence-electron chi connectivity index (χ0n) is 9.79. The monoisotopic (exact) mass is 269 g/mol. The first-order valence-electron chi connectivity index (χ1n) is 5.68. The van der Waals surface area contributed by atoms with Crippen LogP contribution < -0.4 is 5.32 Å². The molecule has 2 aromatic heterocycles. The third-order valence-corrected chi connectivity index (χ3v) is 3.94. The van der Waals surface area contributed by atoms with E-state index >= 15 is 0 Å². The van der Waals surface area contributed by atoms with Crippen LogP contribution in [0.15, 0.2) is 17.6 Å². The molecule has 0 radical (unpaired) electrons. The summed E-state index contributed by atoms with van der Waals surface area (Å²) in [5.74, 6) is 0. The van der Waals surface area contributed by atoms with Crippen LogP contribution in [0.4, 0.5) is 0 Å². The van der Waals surface area contributed by atoms with E-state index in [-0.39, 0.29) is 0 Å². The molecule has 0 saturated heterocycles. The van der Waals surface area contributed by atoms with Crippen molar-refractivity contribution in [2.45, 2.75) is 26.3 Å². The van der Waals surface area contributed by atoms with Crippen LogP contribution >= 0.6 is 22.9 Å². The van der Waals surface area contributed by atoms with Gasteiger partial charge in [-0.1, -0.05) is 11.6 Å². The Morgan fingerprint density at radius 2 is 2.41 bits per heavy atom. The number of rotatable bonds is 6. The van der Waals surface area contributed by atoms with Crippen molar-refractivity contribution in [2.75, 3.05) is 6.54 Å². The summed E-state index contributed by atoms with van der Waals surface area (Å²) in [6, 6.07) is 2.01. The molecule has 2 heterocycles. The van der Waals surface area contributed by atoms with Gasteiger partial charge in [0.2, 0.25) is 0 Å². The van der Waals surface area contributed by atoms with Crippen LogP contribution in [0.2, 0.25) is 5.02 Å². The van der Waals surface area contributed by atoms with Gasteiger partial charge in [-0.25, -0.2) is 0 Å². The number of aryl methyl sites for hydroxylation is 2. The molecule has 3 nitrogen and oxygen atoms in total. The fraction of sp³-hybridized carbons (Fsp3) is 0.417. The average Bonchev–Trinajstić information content (AvgIpc) is 2.88. The summed E-state index contributed by atoms with van der Waals surface area (Å²) >= 11 is 7.56. The first-order valence-corrected chi connectivity index (χ1v) is 6.94. The summed E-state index contributed by atoms with van der Waals surface area (Å²) < 4.78 is 0. The van der Waals surface area contributed by atoms with Crippen molar-refractivity contribution in [3.8, 4) is 0 Å². The average molecular weight is 270 g/mol. The van der Waals surface area contributed by atoms with Gasteiger partial charge in [0.25, 0.3) is 0 Å². The van der Waals surface area contributed by atoms with E-state index in [0.717, 1.165) is 31.0 Å². The molecule has 5 heteroatoms. The first kappa shape index (κ1) is 12.6. The Kier molecular flexibility index (Phi) is 4.59. The molecule has 0 aliphatic rings. The predicted molar refractivity (Wildman–Crippen MR) is 72.7 cm³/mol. The highest BCUT2D eigenvalue weighted by atomic mass is 35.5. The molecule has 0 aliphatic carbocycles. The standard InChI is InChI=1S/C12H16ClN3S/c1-9-10(6-15-16-9)3-2-4-14-7-12-5-11(13)8-17-12/h5-6,8,14H,2-4,7H2,1H3,(H,15,16). The van der Waals surface area contributed by atoms with E-state index in [2.05, 4.69) is 22.4 Å². The van der Waals surface area contributed by atoms with E-state index in [1.165, 1.54) is 16.1 Å². The van der Waals surface area contributed by atoms with Crippen LogP contribution in [0.1, 0.15) is 22.6 Å². The van der Waals surface area contributed by atoms with Gasteiger partial charge in [0.05, 0.1) is 11.2 Å². The number of nitrogens with one attached hydrogen (secondary N) is 2. The number of hydrogen-bond donors (Lipinski definition) is 2. The molecular weight excluding hydrogens is 254 g/mol. The van der Waals surface area contributed by atoms with Gasteiger partial charge in [-0.2, -0.15) is 5.10 Å². The predicted octanol–water partition coefficient (Wildman–Crippen LogP) is 3.16. The topological polar surface area (TPSA) is 40.7 Å². The minimum absolute atomic E-state index is 0.834. The first-order chi connectivity index (χ1) is 8.25. The molecule has 0 spiro atoms. The Labute approximate surface area is 110 Å². The van der Waals surface area contributed by atoms with E-state index in [4.69, 9.17) is 11.6 Å². The third-order valence-electron chi connectivity index (χ3n) is 2.65. The zero-order valence-corrected chi connectivity index (χ0v) is 11.4. The zero-order chi connectivity index (χ0) is 12.1. The molecule has 0 atom stereocenters. The highest BCUT2D eigenvalue weighted by Gasteiger charge is 2.00. The molecule has 17 heavy (non-hydrogen) atoms. The maximum Gasteiger partial charge on any atom is 0.0522 e. The second-order valence-corrected chi connectivity index (χ2v) is 5.46. The summed E-state index contributed by atoms with van der Waals surface area (Å²) in [5, 5.41) is 13.2. The van der Waals surface area contributed by atoms with Gasteiger partial charge in [-0.3, -0.25) is 5.10 Å². The van der Waals surface area contributed by atoms with E-state index in [1.807, 2.05) is 17.6 Å². The van der Waals surface area contributed by atoms with Crippen LogP contribution in [0.25, 0.3) is 0 Å². The molecule has 0 aromatic carbocycles. The Balaban J connectivity index is 1.62. The second kappa shape index (κ2) is 6.19. The number of hydrogen-bond acceptors (Lipinski definition) is 3. The molecule has 0 unspecified atom stereocenters. The molecule has 0 amide bonds. The molecule has 0 saturated carbocycles. The molecule has 2 aromatic rings. The van der Waals surface area contributed by atoms with Crippen LogP contribution in [0.3, 0.4) is 0 Å². The van der Waals surface area contributed by atoms with Gasteiger partial charge in [-0.05, 0) is 37.9 Å². The van der Waals surface area contributed by atoms with E-state index in [0.29, 0.717) is 0 Å². The van der Waals surface area contributed by atoms with Crippen LogP contribution in [-0.2, 0) is 13.0 Å². The highest BCUT2D eigenvalue weighted by Crippen LogP contribution is 2.18. The maximum absolute atomic E-state index is 5.86. The molecule has 0 aliphatic heterocycles. The Morgan fingerprint density at radius 3 is 3.06 bits per heavy atom. The van der Waals surface area contributed by atoms with Gasteiger partial charge >= 0.3 is 0 Å². The summed E-state index contributed by atoms with van der Waals surface area (Å²) in [6.45, 7) is 3.98. The fourth-order valence-electron chi connectivity index (χ4n) is 1.69. The smallest absolute Gasteiger partial charge is 0.0522 e. The van der Waals surface area contributed by atoms with Crippen molar-refractivity contribution in [1.29, 1.82) is 0 Å². The second-order valence-electron chi connectivity index (χ2n) is 4.03. The van der Waals surface area contributed by atoms with Gasteiger partial charge in [0, 0.05) is 22.5 Å². The lowest BCUT2D eigenvalue weighted by Gasteiger charge is -2.02.